The third-order valence-electron chi connectivity index (χ3n) is 4.02. The minimum atomic E-state index is -0.333. The first-order chi connectivity index (χ1) is 12.1. The van der Waals surface area contributed by atoms with Crippen LogP contribution in [0, 0.1) is 0 Å². The topological polar surface area (TPSA) is 64.6 Å². The maximum absolute atomic E-state index is 12.1. The van der Waals surface area contributed by atoms with Crippen molar-refractivity contribution in [3.63, 3.8) is 0 Å². The molecule has 1 fully saturated rings. The average Bonchev–Trinajstić information content (AvgIpc) is 2.69. The molecule has 0 spiro atoms. The Bertz CT molecular complexity index is 718. The molecule has 0 saturated carbocycles. The van der Waals surface area contributed by atoms with Crippen molar-refractivity contribution in [2.45, 2.75) is 0 Å². The molecule has 0 unspecified atom stereocenters. The molecule has 1 saturated heterocycles. The zero-order valence-electron chi connectivity index (χ0n) is 14.0. The summed E-state index contributed by atoms with van der Waals surface area (Å²) in [4.78, 5) is 24.4. The van der Waals surface area contributed by atoms with Gasteiger partial charge in [0.2, 0.25) is 0 Å². The first-order valence-corrected chi connectivity index (χ1v) is 8.45. The van der Waals surface area contributed by atoms with E-state index in [1.807, 2.05) is 18.2 Å². The zero-order chi connectivity index (χ0) is 17.6. The third-order valence-corrected chi connectivity index (χ3v) is 4.56. The van der Waals surface area contributed by atoms with Crippen LogP contribution in [-0.2, 0) is 0 Å². The second-order valence-electron chi connectivity index (χ2n) is 5.68. The molecular weight excluding hydrogens is 336 g/mol. The number of carbonyl (C=O) groups is 1. The molecule has 1 aliphatic rings. The van der Waals surface area contributed by atoms with Gasteiger partial charge in [0.15, 0.2) is 5.11 Å². The summed E-state index contributed by atoms with van der Waals surface area (Å²) >= 11 is 5.50. The van der Waals surface area contributed by atoms with E-state index in [4.69, 9.17) is 12.2 Å². The number of anilines is 1. The van der Waals surface area contributed by atoms with Crippen molar-refractivity contribution >= 4 is 28.9 Å². The highest BCUT2D eigenvalue weighted by molar-refractivity contribution is 7.80. The number of benzene rings is 1. The predicted molar refractivity (Wildman–Crippen MR) is 100 cm³/mol. The summed E-state index contributed by atoms with van der Waals surface area (Å²) in [5.74, 6) is -0.333. The lowest BCUT2D eigenvalue weighted by Crippen LogP contribution is -2.55. The van der Waals surface area contributed by atoms with Gasteiger partial charge in [-0.1, -0.05) is 18.2 Å². The monoisotopic (exact) mass is 356 g/mol. The molecule has 7 nitrogen and oxygen atoms in total. The van der Waals surface area contributed by atoms with Crippen molar-refractivity contribution in [2.24, 2.45) is 0 Å². The molecule has 8 heteroatoms. The quantitative estimate of drug-likeness (QED) is 0.640. The van der Waals surface area contributed by atoms with Gasteiger partial charge in [0, 0.05) is 51.3 Å². The lowest BCUT2D eigenvalue weighted by molar-refractivity contribution is 0.0873. The Morgan fingerprint density at radius 2 is 1.88 bits per heavy atom. The average molecular weight is 356 g/mol. The molecule has 1 aromatic carbocycles. The number of amides is 1. The van der Waals surface area contributed by atoms with Crippen LogP contribution in [0.1, 0.15) is 10.5 Å². The first kappa shape index (κ1) is 17.1. The molecule has 1 aliphatic heterocycles. The number of nitrogens with zero attached hydrogens (tertiary/aromatic N) is 5. The van der Waals surface area contributed by atoms with Crippen molar-refractivity contribution in [3.05, 3.63) is 54.6 Å². The maximum atomic E-state index is 12.1. The number of rotatable bonds is 2. The van der Waals surface area contributed by atoms with E-state index in [9.17, 15) is 4.79 Å². The van der Waals surface area contributed by atoms with E-state index in [0.29, 0.717) is 5.11 Å². The Morgan fingerprint density at radius 3 is 2.52 bits per heavy atom. The van der Waals surface area contributed by atoms with E-state index < -0.39 is 0 Å². The molecule has 25 heavy (non-hydrogen) atoms. The summed E-state index contributed by atoms with van der Waals surface area (Å²) < 4.78 is 0. The van der Waals surface area contributed by atoms with Gasteiger partial charge in [-0.2, -0.15) is 0 Å². The van der Waals surface area contributed by atoms with Crippen molar-refractivity contribution < 1.29 is 4.79 Å². The van der Waals surface area contributed by atoms with Crippen LogP contribution in [0.5, 0.6) is 0 Å². The van der Waals surface area contributed by atoms with Gasteiger partial charge in [0.05, 0.1) is 6.20 Å². The molecule has 0 radical (unpaired) electrons. The fourth-order valence-electron chi connectivity index (χ4n) is 2.68. The molecular formula is C17H20N6OS. The lowest BCUT2D eigenvalue weighted by Gasteiger charge is -2.39. The molecule has 0 bridgehead atoms. The van der Waals surface area contributed by atoms with Gasteiger partial charge in [0.25, 0.3) is 5.91 Å². The van der Waals surface area contributed by atoms with Gasteiger partial charge in [0.1, 0.15) is 5.69 Å². The van der Waals surface area contributed by atoms with Crippen LogP contribution in [0.25, 0.3) is 0 Å². The van der Waals surface area contributed by atoms with Crippen LogP contribution in [0.15, 0.2) is 48.9 Å². The van der Waals surface area contributed by atoms with Crippen LogP contribution >= 0.6 is 12.2 Å². The van der Waals surface area contributed by atoms with Crippen molar-refractivity contribution in [1.82, 2.24) is 25.3 Å². The zero-order valence-corrected chi connectivity index (χ0v) is 14.8. The second kappa shape index (κ2) is 7.89. The number of hydrazine groups is 1. The molecule has 2 heterocycles. The Balaban J connectivity index is 1.53. The minimum absolute atomic E-state index is 0.256. The Kier molecular flexibility index (Phi) is 5.39. The normalized spacial score (nSPS) is 14.1. The molecule has 2 aromatic rings. The number of aromatic nitrogens is 2. The van der Waals surface area contributed by atoms with Gasteiger partial charge < -0.3 is 9.80 Å². The lowest BCUT2D eigenvalue weighted by atomic mass is 10.2. The highest BCUT2D eigenvalue weighted by atomic mass is 32.1. The second-order valence-corrected chi connectivity index (χ2v) is 6.05. The van der Waals surface area contributed by atoms with E-state index >= 15 is 0 Å². The Labute approximate surface area is 152 Å². The van der Waals surface area contributed by atoms with Gasteiger partial charge in [-0.25, -0.2) is 4.98 Å². The van der Waals surface area contributed by atoms with E-state index in [2.05, 4.69) is 37.3 Å². The van der Waals surface area contributed by atoms with E-state index in [1.165, 1.54) is 24.3 Å². The summed E-state index contributed by atoms with van der Waals surface area (Å²) in [5, 5.41) is 2.15. The highest BCUT2D eigenvalue weighted by Gasteiger charge is 2.22. The van der Waals surface area contributed by atoms with Gasteiger partial charge in [-0.05, 0) is 24.4 Å². The van der Waals surface area contributed by atoms with Crippen LogP contribution < -0.4 is 10.3 Å². The molecule has 0 aliphatic carbocycles. The number of para-hydroxylation sites is 1. The summed E-state index contributed by atoms with van der Waals surface area (Å²) in [5.41, 5.74) is 4.21. The number of piperazine rings is 1. The van der Waals surface area contributed by atoms with Crippen LogP contribution in [-0.4, -0.2) is 64.1 Å². The fraction of sp³-hybridized carbons (Fsp3) is 0.294. The van der Waals surface area contributed by atoms with Crippen LogP contribution in [0.4, 0.5) is 5.69 Å². The van der Waals surface area contributed by atoms with Gasteiger partial charge >= 0.3 is 0 Å². The molecule has 1 aromatic heterocycles. The first-order valence-electron chi connectivity index (χ1n) is 8.05. The van der Waals surface area contributed by atoms with Crippen LogP contribution in [0.2, 0.25) is 0 Å². The largest absolute Gasteiger partial charge is 0.368 e. The number of nitrogens with one attached hydrogen (secondary N) is 1. The third kappa shape index (κ3) is 4.21. The highest BCUT2D eigenvalue weighted by Crippen LogP contribution is 2.16. The van der Waals surface area contributed by atoms with Gasteiger partial charge in [-0.3, -0.25) is 20.2 Å². The standard InChI is InChI=1S/C17H20N6OS/c1-21(20-16(24)15-13-18-7-8-19-15)17(25)23-11-9-22(10-12-23)14-5-3-2-4-6-14/h2-8,13H,9-12H2,1H3,(H,20,24). The number of hydrogen-bond donors (Lipinski definition) is 1. The smallest absolute Gasteiger partial charge is 0.290 e. The van der Waals surface area contributed by atoms with Crippen LogP contribution in [0.3, 0.4) is 0 Å². The molecule has 0 atom stereocenters. The minimum Gasteiger partial charge on any atom is -0.368 e. The summed E-state index contributed by atoms with van der Waals surface area (Å²) in [6.45, 7) is 3.38. The molecule has 1 N–H and O–H groups in total. The number of thiocarbonyl (C=S) groups is 1. The Morgan fingerprint density at radius 1 is 1.16 bits per heavy atom. The van der Waals surface area contributed by atoms with E-state index in [-0.39, 0.29) is 11.6 Å². The molecule has 1 amide bonds. The summed E-state index contributed by atoms with van der Waals surface area (Å²) in [7, 11) is 1.74. The van der Waals surface area contributed by atoms with Crippen molar-refractivity contribution in [1.29, 1.82) is 0 Å². The summed E-state index contributed by atoms with van der Waals surface area (Å²) in [6.07, 6.45) is 4.43. The van der Waals surface area contributed by atoms with Crippen molar-refractivity contribution in [2.75, 3.05) is 38.1 Å². The van der Waals surface area contributed by atoms with Gasteiger partial charge in [-0.15, -0.1) is 0 Å². The SMILES string of the molecule is CN(NC(=O)c1cnccn1)C(=S)N1CCN(c2ccccc2)CC1. The van der Waals surface area contributed by atoms with E-state index in [0.717, 1.165) is 26.2 Å². The molecule has 130 valence electrons. The summed E-state index contributed by atoms with van der Waals surface area (Å²) in [6, 6.07) is 10.3. The van der Waals surface area contributed by atoms with Crippen molar-refractivity contribution in [3.8, 4) is 0 Å². The molecule has 3 rings (SSSR count). The Hall–Kier alpha value is -2.74. The predicted octanol–water partition coefficient (Wildman–Crippen LogP) is 1.16. The van der Waals surface area contributed by atoms with E-state index in [1.54, 1.807) is 12.1 Å². The maximum Gasteiger partial charge on any atom is 0.290 e. The number of carbonyl (C=O) groups excluding carboxylic acids is 1. The fourth-order valence-corrected chi connectivity index (χ4v) is 2.91. The number of hydrogen-bond acceptors (Lipinski definition) is 5.